The zero-order chi connectivity index (χ0) is 17.0. The van der Waals surface area contributed by atoms with Crippen molar-refractivity contribution < 1.29 is 13.9 Å². The smallest absolute Gasteiger partial charge is 0.407 e. The van der Waals surface area contributed by atoms with Gasteiger partial charge in [-0.15, -0.1) is 0 Å². The third-order valence-electron chi connectivity index (χ3n) is 3.19. The highest BCUT2D eigenvalue weighted by atomic mass is 16.6. The van der Waals surface area contributed by atoms with Crippen LogP contribution in [0.25, 0.3) is 11.3 Å². The molecule has 5 heteroatoms. The first kappa shape index (κ1) is 17.1. The molecule has 1 atom stereocenters. The monoisotopic (exact) mass is 316 g/mol. The lowest BCUT2D eigenvalue weighted by Crippen LogP contribution is -2.36. The zero-order valence-electron chi connectivity index (χ0n) is 14.1. The van der Waals surface area contributed by atoms with Crippen molar-refractivity contribution in [1.82, 2.24) is 5.32 Å². The Morgan fingerprint density at radius 2 is 1.87 bits per heavy atom. The highest BCUT2D eigenvalue weighted by Crippen LogP contribution is 2.24. The molecule has 1 heterocycles. The van der Waals surface area contributed by atoms with Crippen LogP contribution in [-0.4, -0.2) is 18.2 Å². The van der Waals surface area contributed by atoms with Crippen LogP contribution in [0.2, 0.25) is 0 Å². The maximum Gasteiger partial charge on any atom is 0.407 e. The van der Waals surface area contributed by atoms with Gasteiger partial charge in [-0.05, 0) is 39.8 Å². The number of furan rings is 1. The molecule has 1 unspecified atom stereocenters. The lowest BCUT2D eigenvalue weighted by Gasteiger charge is -2.20. The Morgan fingerprint density at radius 1 is 1.22 bits per heavy atom. The number of nitrogens with two attached hydrogens (primary N) is 1. The molecule has 3 N–H and O–H groups in total. The number of benzene rings is 1. The van der Waals surface area contributed by atoms with Gasteiger partial charge in [-0.3, -0.25) is 0 Å². The van der Waals surface area contributed by atoms with Crippen molar-refractivity contribution in [2.75, 3.05) is 6.54 Å². The summed E-state index contributed by atoms with van der Waals surface area (Å²) >= 11 is 0. The molecule has 1 aromatic heterocycles. The summed E-state index contributed by atoms with van der Waals surface area (Å²) in [5.74, 6) is 1.38. The predicted molar refractivity (Wildman–Crippen MR) is 90.0 cm³/mol. The van der Waals surface area contributed by atoms with Crippen molar-refractivity contribution in [3.63, 3.8) is 0 Å². The van der Waals surface area contributed by atoms with Gasteiger partial charge in [0.15, 0.2) is 0 Å². The highest BCUT2D eigenvalue weighted by molar-refractivity contribution is 5.67. The molecule has 124 valence electrons. The van der Waals surface area contributed by atoms with Crippen molar-refractivity contribution in [3.05, 3.63) is 47.7 Å². The van der Waals surface area contributed by atoms with Gasteiger partial charge >= 0.3 is 6.09 Å². The molecule has 1 aromatic carbocycles. The van der Waals surface area contributed by atoms with E-state index in [9.17, 15) is 4.79 Å². The highest BCUT2D eigenvalue weighted by Gasteiger charge is 2.18. The van der Waals surface area contributed by atoms with Gasteiger partial charge in [-0.1, -0.05) is 29.8 Å². The molecule has 5 nitrogen and oxygen atoms in total. The molecule has 0 saturated heterocycles. The van der Waals surface area contributed by atoms with Gasteiger partial charge in [0.25, 0.3) is 0 Å². The van der Waals surface area contributed by atoms with Gasteiger partial charge in [-0.25, -0.2) is 4.79 Å². The van der Waals surface area contributed by atoms with E-state index in [1.165, 1.54) is 5.56 Å². The van der Waals surface area contributed by atoms with Crippen LogP contribution >= 0.6 is 0 Å². The van der Waals surface area contributed by atoms with E-state index in [2.05, 4.69) is 5.32 Å². The number of hydrogen-bond acceptors (Lipinski definition) is 4. The first-order valence-corrected chi connectivity index (χ1v) is 7.64. The minimum Gasteiger partial charge on any atom is -0.459 e. The minimum atomic E-state index is -0.530. The summed E-state index contributed by atoms with van der Waals surface area (Å²) in [6.45, 7) is 7.72. The van der Waals surface area contributed by atoms with Crippen LogP contribution in [-0.2, 0) is 4.74 Å². The summed E-state index contributed by atoms with van der Waals surface area (Å²) in [5.41, 5.74) is 7.72. The summed E-state index contributed by atoms with van der Waals surface area (Å²) in [4.78, 5) is 11.6. The lowest BCUT2D eigenvalue weighted by atomic mass is 10.1. The number of ether oxygens (including phenoxy) is 1. The van der Waals surface area contributed by atoms with E-state index >= 15 is 0 Å². The fourth-order valence-electron chi connectivity index (χ4n) is 2.03. The average molecular weight is 316 g/mol. The molecule has 0 fully saturated rings. The maximum atomic E-state index is 11.6. The number of rotatable bonds is 4. The second-order valence-corrected chi connectivity index (χ2v) is 6.56. The largest absolute Gasteiger partial charge is 0.459 e. The molecule has 0 spiro atoms. The molecule has 0 aliphatic carbocycles. The second kappa shape index (κ2) is 6.87. The van der Waals surface area contributed by atoms with Crippen molar-refractivity contribution >= 4 is 6.09 Å². The Hall–Kier alpha value is -2.27. The Bertz CT molecular complexity index is 654. The molecule has 0 radical (unpaired) electrons. The molecule has 2 aromatic rings. The van der Waals surface area contributed by atoms with Crippen molar-refractivity contribution in [1.29, 1.82) is 0 Å². The molecule has 0 saturated carbocycles. The molecule has 2 rings (SSSR count). The topological polar surface area (TPSA) is 77.5 Å². The van der Waals surface area contributed by atoms with Crippen LogP contribution in [0.1, 0.15) is 38.1 Å². The number of alkyl carbamates (subject to hydrolysis) is 1. The van der Waals surface area contributed by atoms with Crippen LogP contribution in [0.4, 0.5) is 4.79 Å². The van der Waals surface area contributed by atoms with Gasteiger partial charge in [0.2, 0.25) is 0 Å². The van der Waals surface area contributed by atoms with Gasteiger partial charge in [0.1, 0.15) is 17.1 Å². The molecule has 0 aliphatic heterocycles. The van der Waals surface area contributed by atoms with Gasteiger partial charge in [-0.2, -0.15) is 0 Å². The van der Waals surface area contributed by atoms with E-state index in [0.29, 0.717) is 5.76 Å². The molecule has 0 bridgehead atoms. The SMILES string of the molecule is Cc1ccc(-c2ccc(C(N)CNC(=O)OC(C)(C)C)o2)cc1. The maximum absolute atomic E-state index is 11.6. The minimum absolute atomic E-state index is 0.246. The van der Waals surface area contributed by atoms with Gasteiger partial charge < -0.3 is 20.2 Å². The van der Waals surface area contributed by atoms with Crippen LogP contribution in [0.5, 0.6) is 0 Å². The van der Waals surface area contributed by atoms with E-state index in [-0.39, 0.29) is 6.54 Å². The molecule has 23 heavy (non-hydrogen) atoms. The number of hydrogen-bond donors (Lipinski definition) is 2. The number of carbonyl (C=O) groups is 1. The van der Waals surface area contributed by atoms with Crippen molar-refractivity contribution in [2.45, 2.75) is 39.3 Å². The summed E-state index contributed by atoms with van der Waals surface area (Å²) in [6, 6.07) is 11.3. The first-order chi connectivity index (χ1) is 10.7. The fourth-order valence-corrected chi connectivity index (χ4v) is 2.03. The van der Waals surface area contributed by atoms with E-state index in [4.69, 9.17) is 14.9 Å². The number of nitrogens with one attached hydrogen (secondary N) is 1. The number of aryl methyl sites for hydroxylation is 1. The Morgan fingerprint density at radius 3 is 2.48 bits per heavy atom. The second-order valence-electron chi connectivity index (χ2n) is 6.56. The molecular weight excluding hydrogens is 292 g/mol. The zero-order valence-corrected chi connectivity index (χ0v) is 14.1. The molecular formula is C18H24N2O3. The van der Waals surface area contributed by atoms with E-state index in [1.807, 2.05) is 64.1 Å². The van der Waals surface area contributed by atoms with E-state index in [0.717, 1.165) is 11.3 Å². The number of carbonyl (C=O) groups excluding carboxylic acids is 1. The fraction of sp³-hybridized carbons (Fsp3) is 0.389. The third-order valence-corrected chi connectivity index (χ3v) is 3.19. The summed E-state index contributed by atoms with van der Waals surface area (Å²) in [6.07, 6.45) is -0.488. The lowest BCUT2D eigenvalue weighted by molar-refractivity contribution is 0.0523. The van der Waals surface area contributed by atoms with Crippen molar-refractivity contribution in [2.24, 2.45) is 5.73 Å². The number of amides is 1. The standard InChI is InChI=1S/C18H24N2O3/c1-12-5-7-13(8-6-12)15-9-10-16(22-15)14(19)11-20-17(21)23-18(2,3)4/h5-10,14H,11,19H2,1-4H3,(H,20,21). The van der Waals surface area contributed by atoms with E-state index in [1.54, 1.807) is 0 Å². The predicted octanol–water partition coefficient (Wildman–Crippen LogP) is 3.78. The molecule has 0 aliphatic rings. The quantitative estimate of drug-likeness (QED) is 0.900. The van der Waals surface area contributed by atoms with Crippen LogP contribution in [0, 0.1) is 6.92 Å². The van der Waals surface area contributed by atoms with Crippen LogP contribution in [0.3, 0.4) is 0 Å². The van der Waals surface area contributed by atoms with E-state index < -0.39 is 17.7 Å². The first-order valence-electron chi connectivity index (χ1n) is 7.64. The van der Waals surface area contributed by atoms with Crippen LogP contribution < -0.4 is 11.1 Å². The Kier molecular flexibility index (Phi) is 5.11. The van der Waals surface area contributed by atoms with Gasteiger partial charge in [0.05, 0.1) is 6.04 Å². The normalized spacial score (nSPS) is 12.7. The summed E-state index contributed by atoms with van der Waals surface area (Å²) in [5, 5.41) is 2.65. The van der Waals surface area contributed by atoms with Crippen molar-refractivity contribution in [3.8, 4) is 11.3 Å². The molecule has 1 amide bonds. The third kappa shape index (κ3) is 5.14. The Balaban J connectivity index is 1.94. The van der Waals surface area contributed by atoms with Crippen LogP contribution in [0.15, 0.2) is 40.8 Å². The summed E-state index contributed by atoms with van der Waals surface area (Å²) in [7, 11) is 0. The Labute approximate surface area is 136 Å². The van der Waals surface area contributed by atoms with Gasteiger partial charge in [0, 0.05) is 12.1 Å². The average Bonchev–Trinajstić information content (AvgIpc) is 2.93. The summed E-state index contributed by atoms with van der Waals surface area (Å²) < 4.78 is 11.0.